The van der Waals surface area contributed by atoms with Crippen molar-refractivity contribution >= 4 is 0 Å². The Kier molecular flexibility index (Phi) is 4.53. The molecular formula is C15H20N2O. The lowest BCUT2D eigenvalue weighted by Gasteiger charge is -2.17. The number of aryl methyl sites for hydroxylation is 1. The molecule has 1 unspecified atom stereocenters. The monoisotopic (exact) mass is 244 g/mol. The van der Waals surface area contributed by atoms with Crippen LogP contribution < -0.4 is 5.32 Å². The zero-order valence-corrected chi connectivity index (χ0v) is 11.0. The molecule has 96 valence electrons. The van der Waals surface area contributed by atoms with E-state index in [9.17, 15) is 0 Å². The predicted octanol–water partition coefficient (Wildman–Crippen LogP) is 3.27. The number of nitrogens with zero attached hydrogens (tertiary/aromatic N) is 1. The fraction of sp³-hybridized carbons (Fsp3) is 0.400. The molecule has 2 aromatic heterocycles. The second-order valence-corrected chi connectivity index (χ2v) is 4.53. The van der Waals surface area contributed by atoms with E-state index in [4.69, 9.17) is 4.42 Å². The smallest absolute Gasteiger partial charge is 0.123 e. The highest BCUT2D eigenvalue weighted by molar-refractivity contribution is 5.21. The average Bonchev–Trinajstić information content (AvgIpc) is 2.82. The van der Waals surface area contributed by atoms with Gasteiger partial charge >= 0.3 is 0 Å². The standard InChI is InChI=1S/C15H20N2O/c1-3-7-17-14(15-12(2)6-10-18-15)11-13-4-8-16-9-5-13/h4-6,8-10,14,17H,3,7,11H2,1-2H3. The van der Waals surface area contributed by atoms with Gasteiger partial charge in [0.2, 0.25) is 0 Å². The lowest BCUT2D eigenvalue weighted by molar-refractivity contribution is 0.408. The van der Waals surface area contributed by atoms with E-state index in [2.05, 4.69) is 36.3 Å². The van der Waals surface area contributed by atoms with E-state index in [1.54, 1.807) is 6.26 Å². The van der Waals surface area contributed by atoms with Crippen molar-refractivity contribution in [2.24, 2.45) is 0 Å². The van der Waals surface area contributed by atoms with Crippen LogP contribution in [0, 0.1) is 6.92 Å². The minimum absolute atomic E-state index is 0.238. The van der Waals surface area contributed by atoms with Crippen LogP contribution in [-0.4, -0.2) is 11.5 Å². The summed E-state index contributed by atoms with van der Waals surface area (Å²) >= 11 is 0. The number of rotatable bonds is 6. The number of nitrogens with one attached hydrogen (secondary N) is 1. The van der Waals surface area contributed by atoms with E-state index in [0.29, 0.717) is 0 Å². The molecule has 0 bridgehead atoms. The number of pyridine rings is 1. The Labute approximate surface area is 108 Å². The van der Waals surface area contributed by atoms with Gasteiger partial charge in [-0.25, -0.2) is 0 Å². The van der Waals surface area contributed by atoms with Crippen molar-refractivity contribution in [1.29, 1.82) is 0 Å². The molecule has 1 atom stereocenters. The van der Waals surface area contributed by atoms with Crippen molar-refractivity contribution in [3.8, 4) is 0 Å². The molecule has 2 rings (SSSR count). The maximum absolute atomic E-state index is 5.62. The van der Waals surface area contributed by atoms with Crippen LogP contribution in [0.2, 0.25) is 0 Å². The minimum Gasteiger partial charge on any atom is -0.467 e. The number of hydrogen-bond donors (Lipinski definition) is 1. The van der Waals surface area contributed by atoms with Gasteiger partial charge in [0, 0.05) is 12.4 Å². The van der Waals surface area contributed by atoms with Crippen LogP contribution in [0.25, 0.3) is 0 Å². The van der Waals surface area contributed by atoms with E-state index in [0.717, 1.165) is 25.1 Å². The molecule has 2 heterocycles. The maximum Gasteiger partial charge on any atom is 0.123 e. The Balaban J connectivity index is 2.13. The molecule has 3 heteroatoms. The molecule has 0 saturated heterocycles. The van der Waals surface area contributed by atoms with Gasteiger partial charge in [-0.15, -0.1) is 0 Å². The molecule has 0 fully saturated rings. The Morgan fingerprint density at radius 3 is 2.67 bits per heavy atom. The van der Waals surface area contributed by atoms with Crippen LogP contribution in [0.15, 0.2) is 41.3 Å². The van der Waals surface area contributed by atoms with E-state index < -0.39 is 0 Å². The summed E-state index contributed by atoms with van der Waals surface area (Å²) in [4.78, 5) is 4.05. The summed E-state index contributed by atoms with van der Waals surface area (Å²) in [5.41, 5.74) is 2.48. The summed E-state index contributed by atoms with van der Waals surface area (Å²) in [6, 6.07) is 6.36. The first-order chi connectivity index (χ1) is 8.81. The highest BCUT2D eigenvalue weighted by Crippen LogP contribution is 2.22. The molecule has 0 saturated carbocycles. The normalized spacial score (nSPS) is 12.6. The second-order valence-electron chi connectivity index (χ2n) is 4.53. The molecule has 0 aromatic carbocycles. The Morgan fingerprint density at radius 1 is 1.28 bits per heavy atom. The summed E-state index contributed by atoms with van der Waals surface area (Å²) in [7, 11) is 0. The molecule has 1 N–H and O–H groups in total. The highest BCUT2D eigenvalue weighted by Gasteiger charge is 2.16. The van der Waals surface area contributed by atoms with Gasteiger partial charge in [0.15, 0.2) is 0 Å². The van der Waals surface area contributed by atoms with Crippen LogP contribution in [0.1, 0.15) is 36.3 Å². The second kappa shape index (κ2) is 6.36. The van der Waals surface area contributed by atoms with Crippen molar-refractivity contribution < 1.29 is 4.42 Å². The largest absolute Gasteiger partial charge is 0.467 e. The van der Waals surface area contributed by atoms with E-state index in [1.807, 2.05) is 18.5 Å². The summed E-state index contributed by atoms with van der Waals surface area (Å²) < 4.78 is 5.62. The van der Waals surface area contributed by atoms with E-state index in [-0.39, 0.29) is 6.04 Å². The molecular weight excluding hydrogens is 224 g/mol. The number of aromatic nitrogens is 1. The van der Waals surface area contributed by atoms with Crippen LogP contribution >= 0.6 is 0 Å². The molecule has 0 aliphatic carbocycles. The van der Waals surface area contributed by atoms with Crippen LogP contribution in [0.5, 0.6) is 0 Å². The molecule has 0 aliphatic rings. The number of hydrogen-bond acceptors (Lipinski definition) is 3. The molecule has 0 spiro atoms. The third-order valence-electron chi connectivity index (χ3n) is 3.05. The fourth-order valence-electron chi connectivity index (χ4n) is 2.07. The van der Waals surface area contributed by atoms with Crippen molar-refractivity contribution in [2.75, 3.05) is 6.54 Å². The van der Waals surface area contributed by atoms with Gasteiger partial charge in [0.05, 0.1) is 12.3 Å². The Bertz CT molecular complexity index is 464. The predicted molar refractivity (Wildman–Crippen MR) is 72.4 cm³/mol. The molecule has 0 aliphatic heterocycles. The van der Waals surface area contributed by atoms with Gasteiger partial charge < -0.3 is 9.73 Å². The van der Waals surface area contributed by atoms with Gasteiger partial charge in [-0.1, -0.05) is 6.92 Å². The first-order valence-corrected chi connectivity index (χ1v) is 6.47. The van der Waals surface area contributed by atoms with E-state index in [1.165, 1.54) is 11.1 Å². The maximum atomic E-state index is 5.62. The van der Waals surface area contributed by atoms with Crippen molar-refractivity contribution in [3.05, 3.63) is 53.7 Å². The van der Waals surface area contributed by atoms with Gasteiger partial charge in [-0.05, 0) is 55.6 Å². The lowest BCUT2D eigenvalue weighted by atomic mass is 10.0. The van der Waals surface area contributed by atoms with Crippen LogP contribution in [0.3, 0.4) is 0 Å². The van der Waals surface area contributed by atoms with Crippen LogP contribution in [-0.2, 0) is 6.42 Å². The fourth-order valence-corrected chi connectivity index (χ4v) is 2.07. The molecule has 18 heavy (non-hydrogen) atoms. The zero-order valence-electron chi connectivity index (χ0n) is 11.0. The van der Waals surface area contributed by atoms with Gasteiger partial charge in [-0.2, -0.15) is 0 Å². The Morgan fingerprint density at radius 2 is 2.06 bits per heavy atom. The molecule has 0 amide bonds. The quantitative estimate of drug-likeness (QED) is 0.847. The highest BCUT2D eigenvalue weighted by atomic mass is 16.3. The van der Waals surface area contributed by atoms with Crippen molar-refractivity contribution in [3.63, 3.8) is 0 Å². The van der Waals surface area contributed by atoms with Gasteiger partial charge in [0.25, 0.3) is 0 Å². The SMILES string of the molecule is CCCNC(Cc1ccncc1)c1occc1C. The zero-order chi connectivity index (χ0) is 12.8. The van der Waals surface area contributed by atoms with E-state index >= 15 is 0 Å². The van der Waals surface area contributed by atoms with Gasteiger partial charge in [0.1, 0.15) is 5.76 Å². The van der Waals surface area contributed by atoms with Crippen molar-refractivity contribution in [2.45, 2.75) is 32.7 Å². The number of furan rings is 1. The summed E-state index contributed by atoms with van der Waals surface area (Å²) in [6.07, 6.45) is 7.48. The third-order valence-corrected chi connectivity index (χ3v) is 3.05. The first-order valence-electron chi connectivity index (χ1n) is 6.47. The first kappa shape index (κ1) is 12.8. The molecule has 2 aromatic rings. The van der Waals surface area contributed by atoms with Gasteiger partial charge in [-0.3, -0.25) is 4.98 Å². The topological polar surface area (TPSA) is 38.1 Å². The van der Waals surface area contributed by atoms with Crippen molar-refractivity contribution in [1.82, 2.24) is 10.3 Å². The minimum atomic E-state index is 0.238. The lowest BCUT2D eigenvalue weighted by Crippen LogP contribution is -2.24. The Hall–Kier alpha value is -1.61. The van der Waals surface area contributed by atoms with Crippen LogP contribution in [0.4, 0.5) is 0 Å². The summed E-state index contributed by atoms with van der Waals surface area (Å²) in [6.45, 7) is 5.26. The summed E-state index contributed by atoms with van der Waals surface area (Å²) in [5, 5.41) is 3.55. The average molecular weight is 244 g/mol. The molecule has 0 radical (unpaired) electrons. The summed E-state index contributed by atoms with van der Waals surface area (Å²) in [5.74, 6) is 1.04. The third kappa shape index (κ3) is 3.20. The molecule has 3 nitrogen and oxygen atoms in total.